The van der Waals surface area contributed by atoms with E-state index in [2.05, 4.69) is 10.4 Å². The summed E-state index contributed by atoms with van der Waals surface area (Å²) in [5, 5.41) is 7.14. The molecule has 180 valence electrons. The summed E-state index contributed by atoms with van der Waals surface area (Å²) in [7, 11) is 3.13. The molecule has 1 aromatic heterocycles. The van der Waals surface area contributed by atoms with Gasteiger partial charge in [-0.2, -0.15) is 5.10 Å². The fraction of sp³-hybridized carbons (Fsp3) is 0.143. The van der Waals surface area contributed by atoms with Crippen molar-refractivity contribution in [3.63, 3.8) is 0 Å². The van der Waals surface area contributed by atoms with Gasteiger partial charge < -0.3 is 15.0 Å². The second-order valence-electron chi connectivity index (χ2n) is 8.32. The summed E-state index contributed by atoms with van der Waals surface area (Å²) in [4.78, 5) is 39.5. The molecule has 0 saturated heterocycles. The van der Waals surface area contributed by atoms with Crippen LogP contribution < -0.4 is 15.0 Å². The maximum absolute atomic E-state index is 13.8. The number of carbonyl (C=O) groups is 3. The largest absolute Gasteiger partial charge is 0.497 e. The first-order chi connectivity index (χ1) is 17.5. The lowest BCUT2D eigenvalue weighted by atomic mass is 9.99. The third-order valence-electron chi connectivity index (χ3n) is 6.35. The summed E-state index contributed by atoms with van der Waals surface area (Å²) in [6, 6.07) is 22.1. The van der Waals surface area contributed by atoms with Crippen molar-refractivity contribution < 1.29 is 19.1 Å². The predicted octanol–water partition coefficient (Wildman–Crippen LogP) is 3.92. The smallest absolute Gasteiger partial charge is 0.277 e. The van der Waals surface area contributed by atoms with Crippen LogP contribution >= 0.6 is 0 Å². The van der Waals surface area contributed by atoms with Crippen molar-refractivity contribution >= 4 is 23.8 Å². The lowest BCUT2D eigenvalue weighted by molar-refractivity contribution is 0.0956. The number of nitrogens with one attached hydrogen (secondary N) is 1. The normalized spacial score (nSPS) is 12.7. The zero-order valence-electron chi connectivity index (χ0n) is 19.9. The van der Waals surface area contributed by atoms with E-state index in [0.717, 1.165) is 23.1 Å². The van der Waals surface area contributed by atoms with E-state index in [1.807, 2.05) is 42.5 Å². The highest BCUT2D eigenvalue weighted by Crippen LogP contribution is 2.31. The van der Waals surface area contributed by atoms with Gasteiger partial charge in [0.25, 0.3) is 11.8 Å². The number of methoxy groups -OCH3 is 1. The highest BCUT2D eigenvalue weighted by Gasteiger charge is 2.34. The molecule has 8 nitrogen and oxygen atoms in total. The van der Waals surface area contributed by atoms with Crippen molar-refractivity contribution in [3.05, 3.63) is 95.3 Å². The average Bonchev–Trinajstić information content (AvgIpc) is 3.33. The number of aromatic nitrogens is 2. The standard InChI is InChI=1S/C28H24N4O4/c1-29-27(34)25-24-15-16-31(20-9-7-18(8-10-20)23-6-4-3-5-19(23)17-33)28(35)26(24)32(30-25)21-11-13-22(36-2)14-12-21/h3-14,17H,15-16H2,1-2H3,(H,29,34). The number of hydrogen-bond donors (Lipinski definition) is 1. The molecular weight excluding hydrogens is 456 g/mol. The number of rotatable bonds is 6. The molecule has 36 heavy (non-hydrogen) atoms. The van der Waals surface area contributed by atoms with E-state index in [0.29, 0.717) is 41.2 Å². The molecule has 0 atom stereocenters. The van der Waals surface area contributed by atoms with Crippen LogP contribution in [-0.2, 0) is 6.42 Å². The van der Waals surface area contributed by atoms with Gasteiger partial charge >= 0.3 is 0 Å². The summed E-state index contributed by atoms with van der Waals surface area (Å²) in [5.74, 6) is 0.101. The molecule has 0 aliphatic carbocycles. The van der Waals surface area contributed by atoms with Gasteiger partial charge in [0.2, 0.25) is 0 Å². The first-order valence-electron chi connectivity index (χ1n) is 11.5. The number of carbonyl (C=O) groups excluding carboxylic acids is 3. The molecule has 0 fully saturated rings. The predicted molar refractivity (Wildman–Crippen MR) is 136 cm³/mol. The van der Waals surface area contributed by atoms with Crippen LogP contribution in [0.1, 0.15) is 36.9 Å². The van der Waals surface area contributed by atoms with Crippen LogP contribution in [0.4, 0.5) is 5.69 Å². The number of amides is 2. The molecule has 2 amide bonds. The van der Waals surface area contributed by atoms with Crippen LogP contribution in [-0.4, -0.2) is 48.6 Å². The minimum atomic E-state index is -0.335. The van der Waals surface area contributed by atoms with E-state index in [9.17, 15) is 14.4 Å². The number of benzene rings is 3. The Balaban J connectivity index is 1.53. The summed E-state index contributed by atoms with van der Waals surface area (Å²) < 4.78 is 6.77. The highest BCUT2D eigenvalue weighted by molar-refractivity contribution is 6.09. The maximum atomic E-state index is 13.8. The number of aldehydes is 1. The number of nitrogens with zero attached hydrogens (tertiary/aromatic N) is 3. The van der Waals surface area contributed by atoms with Crippen molar-refractivity contribution in [2.75, 3.05) is 25.6 Å². The van der Waals surface area contributed by atoms with Gasteiger partial charge in [-0.05, 0) is 53.9 Å². The lowest BCUT2D eigenvalue weighted by Gasteiger charge is -2.28. The lowest BCUT2D eigenvalue weighted by Crippen LogP contribution is -2.39. The van der Waals surface area contributed by atoms with E-state index in [1.165, 1.54) is 4.68 Å². The quantitative estimate of drug-likeness (QED) is 0.422. The molecule has 1 aliphatic heterocycles. The van der Waals surface area contributed by atoms with Crippen LogP contribution in [0.3, 0.4) is 0 Å². The number of hydrogen-bond acceptors (Lipinski definition) is 5. The Morgan fingerprint density at radius 1 is 1.00 bits per heavy atom. The fourth-order valence-corrected chi connectivity index (χ4v) is 4.50. The van der Waals surface area contributed by atoms with Crippen molar-refractivity contribution in [1.29, 1.82) is 0 Å². The molecule has 0 radical (unpaired) electrons. The third-order valence-corrected chi connectivity index (χ3v) is 6.35. The zero-order chi connectivity index (χ0) is 25.2. The van der Waals surface area contributed by atoms with Crippen molar-refractivity contribution in [2.24, 2.45) is 0 Å². The minimum absolute atomic E-state index is 0.240. The molecule has 0 saturated carbocycles. The highest BCUT2D eigenvalue weighted by atomic mass is 16.5. The van der Waals surface area contributed by atoms with Gasteiger partial charge in [0.15, 0.2) is 12.0 Å². The summed E-state index contributed by atoms with van der Waals surface area (Å²) >= 11 is 0. The number of ether oxygens (including phenoxy) is 1. The van der Waals surface area contributed by atoms with E-state index in [4.69, 9.17) is 4.74 Å². The van der Waals surface area contributed by atoms with Crippen LogP contribution in [0.15, 0.2) is 72.8 Å². The fourth-order valence-electron chi connectivity index (χ4n) is 4.50. The van der Waals surface area contributed by atoms with Gasteiger partial charge in [-0.15, -0.1) is 0 Å². The van der Waals surface area contributed by atoms with E-state index in [-0.39, 0.29) is 17.5 Å². The maximum Gasteiger partial charge on any atom is 0.277 e. The molecular formula is C28H24N4O4. The van der Waals surface area contributed by atoms with Gasteiger partial charge in [-0.1, -0.05) is 36.4 Å². The Morgan fingerprint density at radius 2 is 1.69 bits per heavy atom. The second kappa shape index (κ2) is 9.50. The van der Waals surface area contributed by atoms with Gasteiger partial charge in [0.1, 0.15) is 11.4 Å². The SMILES string of the molecule is CNC(=O)c1nn(-c2ccc(OC)cc2)c2c1CCN(c1ccc(-c3ccccc3C=O)cc1)C2=O. The average molecular weight is 481 g/mol. The van der Waals surface area contributed by atoms with Gasteiger partial charge in [0, 0.05) is 30.4 Å². The molecule has 0 unspecified atom stereocenters. The number of fused-ring (bicyclic) bond motifs is 1. The van der Waals surface area contributed by atoms with Crippen LogP contribution in [0.2, 0.25) is 0 Å². The Labute approximate surface area is 208 Å². The summed E-state index contributed by atoms with van der Waals surface area (Å²) in [6.45, 7) is 0.411. The summed E-state index contributed by atoms with van der Waals surface area (Å²) in [5.41, 5.74) is 4.94. The van der Waals surface area contributed by atoms with Gasteiger partial charge in [-0.3, -0.25) is 14.4 Å². The summed E-state index contributed by atoms with van der Waals surface area (Å²) in [6.07, 6.45) is 1.32. The Morgan fingerprint density at radius 3 is 2.36 bits per heavy atom. The van der Waals surface area contributed by atoms with E-state index < -0.39 is 0 Å². The van der Waals surface area contributed by atoms with Gasteiger partial charge in [-0.25, -0.2) is 4.68 Å². The Bertz CT molecular complexity index is 1460. The molecule has 8 heteroatoms. The van der Waals surface area contributed by atoms with Crippen molar-refractivity contribution in [3.8, 4) is 22.6 Å². The molecule has 3 aromatic carbocycles. The molecule has 0 bridgehead atoms. The van der Waals surface area contributed by atoms with Crippen LogP contribution in [0.25, 0.3) is 16.8 Å². The van der Waals surface area contributed by atoms with Gasteiger partial charge in [0.05, 0.1) is 12.8 Å². The van der Waals surface area contributed by atoms with Crippen LogP contribution in [0.5, 0.6) is 5.75 Å². The zero-order valence-corrected chi connectivity index (χ0v) is 19.9. The topological polar surface area (TPSA) is 93.5 Å². The van der Waals surface area contributed by atoms with Crippen molar-refractivity contribution in [1.82, 2.24) is 15.1 Å². The minimum Gasteiger partial charge on any atom is -0.497 e. The molecule has 4 aromatic rings. The molecule has 1 N–H and O–H groups in total. The molecule has 5 rings (SSSR count). The monoisotopic (exact) mass is 480 g/mol. The first-order valence-corrected chi connectivity index (χ1v) is 11.5. The van der Waals surface area contributed by atoms with Crippen molar-refractivity contribution in [2.45, 2.75) is 6.42 Å². The molecule has 1 aliphatic rings. The number of anilines is 1. The third kappa shape index (κ3) is 3.92. The Hall–Kier alpha value is -4.72. The van der Waals surface area contributed by atoms with E-state index >= 15 is 0 Å². The molecule has 0 spiro atoms. The van der Waals surface area contributed by atoms with Crippen LogP contribution in [0, 0.1) is 0 Å². The Kier molecular flexibility index (Phi) is 6.08. The molecule has 2 heterocycles. The van der Waals surface area contributed by atoms with E-state index in [1.54, 1.807) is 49.4 Å². The first kappa shape index (κ1) is 23.0. The second-order valence-corrected chi connectivity index (χ2v) is 8.32.